The van der Waals surface area contributed by atoms with Crippen molar-refractivity contribution in [2.45, 2.75) is 32.7 Å². The summed E-state index contributed by atoms with van der Waals surface area (Å²) in [7, 11) is 0. The van der Waals surface area contributed by atoms with Gasteiger partial charge in [0.05, 0.1) is 22.2 Å². The number of hydrogen-bond donors (Lipinski definition) is 1. The van der Waals surface area contributed by atoms with Crippen molar-refractivity contribution in [3.8, 4) is 6.07 Å². The maximum atomic E-state index is 13.4. The van der Waals surface area contributed by atoms with E-state index in [1.807, 2.05) is 30.9 Å². The minimum Gasteiger partial charge on any atom is -0.370 e. The predicted molar refractivity (Wildman–Crippen MR) is 132 cm³/mol. The Bertz CT molecular complexity index is 1030. The van der Waals surface area contributed by atoms with Crippen LogP contribution in [0.25, 0.3) is 0 Å². The molecule has 1 aliphatic rings. The van der Waals surface area contributed by atoms with Gasteiger partial charge in [-0.3, -0.25) is 9.59 Å². The number of carbonyl (C=O) groups excluding carboxylic acids is 2. The van der Waals surface area contributed by atoms with Gasteiger partial charge in [-0.25, -0.2) is 0 Å². The smallest absolute Gasteiger partial charge is 0.253 e. The molecule has 2 aromatic carbocycles. The fraction of sp³-hybridized carbons (Fsp3) is 0.400. The van der Waals surface area contributed by atoms with E-state index in [0.29, 0.717) is 42.2 Å². The molecule has 1 fully saturated rings. The summed E-state index contributed by atoms with van der Waals surface area (Å²) in [5.41, 5.74) is 1.96. The Morgan fingerprint density at radius 2 is 1.79 bits per heavy atom. The van der Waals surface area contributed by atoms with Gasteiger partial charge in [0.1, 0.15) is 6.04 Å². The monoisotopic (exact) mass is 486 g/mol. The number of anilines is 1. The first-order valence-electron chi connectivity index (χ1n) is 11.1. The van der Waals surface area contributed by atoms with Gasteiger partial charge in [0.2, 0.25) is 5.91 Å². The van der Waals surface area contributed by atoms with Crippen LogP contribution in [0.5, 0.6) is 0 Å². The lowest BCUT2D eigenvalue weighted by molar-refractivity contribution is -0.133. The second-order valence-corrected chi connectivity index (χ2v) is 9.45. The zero-order valence-corrected chi connectivity index (χ0v) is 20.4. The van der Waals surface area contributed by atoms with Crippen LogP contribution in [0.1, 0.15) is 42.6 Å². The van der Waals surface area contributed by atoms with Crippen LogP contribution in [0.15, 0.2) is 42.5 Å². The standard InChI is InChI=1S/C25H28Cl2N4O2/c1-17(2)14-23(29-24(32)21-9-6-19(26)15-22(21)27)25(33)31-11-3-10-30(12-13-31)20-7-4-18(16-28)5-8-20/h4-9,15,17,23H,3,10-14H2,1-2H3,(H,29,32). The van der Waals surface area contributed by atoms with Gasteiger partial charge < -0.3 is 15.1 Å². The first-order chi connectivity index (χ1) is 15.8. The Labute approximate surface area is 205 Å². The molecule has 1 atom stereocenters. The van der Waals surface area contributed by atoms with E-state index in [1.165, 1.54) is 6.07 Å². The van der Waals surface area contributed by atoms with Gasteiger partial charge in [-0.2, -0.15) is 5.26 Å². The molecule has 0 radical (unpaired) electrons. The molecule has 1 unspecified atom stereocenters. The Hall–Kier alpha value is -2.75. The summed E-state index contributed by atoms with van der Waals surface area (Å²) in [4.78, 5) is 30.3. The normalized spacial score (nSPS) is 15.0. The summed E-state index contributed by atoms with van der Waals surface area (Å²) in [6.45, 7) is 6.73. The molecular formula is C25H28Cl2N4O2. The van der Waals surface area contributed by atoms with Crippen molar-refractivity contribution in [1.29, 1.82) is 5.26 Å². The topological polar surface area (TPSA) is 76.4 Å². The second kappa shape index (κ2) is 11.4. The van der Waals surface area contributed by atoms with Gasteiger partial charge in [-0.05, 0) is 61.2 Å². The van der Waals surface area contributed by atoms with Crippen molar-refractivity contribution >= 4 is 40.7 Å². The van der Waals surface area contributed by atoms with E-state index in [0.717, 1.165) is 18.7 Å². The molecule has 0 spiro atoms. The van der Waals surface area contributed by atoms with Crippen LogP contribution in [-0.2, 0) is 4.79 Å². The third-order valence-electron chi connectivity index (χ3n) is 5.66. The third-order valence-corrected chi connectivity index (χ3v) is 6.20. The lowest BCUT2D eigenvalue weighted by Gasteiger charge is -2.28. The maximum absolute atomic E-state index is 13.4. The summed E-state index contributed by atoms with van der Waals surface area (Å²) < 4.78 is 0. The molecule has 2 aromatic rings. The lowest BCUT2D eigenvalue weighted by Crippen LogP contribution is -2.50. The summed E-state index contributed by atoms with van der Waals surface area (Å²) in [5, 5.41) is 12.6. The number of rotatable bonds is 6. The highest BCUT2D eigenvalue weighted by atomic mass is 35.5. The number of halogens is 2. The average Bonchev–Trinajstić information content (AvgIpc) is 3.04. The fourth-order valence-corrected chi connectivity index (χ4v) is 4.46. The molecular weight excluding hydrogens is 459 g/mol. The van der Waals surface area contributed by atoms with Gasteiger partial charge in [0.15, 0.2) is 0 Å². The van der Waals surface area contributed by atoms with Crippen LogP contribution in [0.3, 0.4) is 0 Å². The number of benzene rings is 2. The van der Waals surface area contributed by atoms with Crippen molar-refractivity contribution in [2.75, 3.05) is 31.1 Å². The largest absolute Gasteiger partial charge is 0.370 e. The molecule has 0 saturated carbocycles. The highest BCUT2D eigenvalue weighted by Crippen LogP contribution is 2.22. The van der Waals surface area contributed by atoms with Crippen molar-refractivity contribution in [2.24, 2.45) is 5.92 Å². The van der Waals surface area contributed by atoms with E-state index < -0.39 is 6.04 Å². The Morgan fingerprint density at radius 3 is 2.42 bits per heavy atom. The number of nitrogens with one attached hydrogen (secondary N) is 1. The Kier molecular flexibility index (Phi) is 8.60. The average molecular weight is 487 g/mol. The number of amides is 2. The third kappa shape index (κ3) is 6.63. The minimum absolute atomic E-state index is 0.0798. The van der Waals surface area contributed by atoms with E-state index in [1.54, 1.807) is 24.3 Å². The summed E-state index contributed by atoms with van der Waals surface area (Å²) >= 11 is 12.1. The SMILES string of the molecule is CC(C)CC(NC(=O)c1ccc(Cl)cc1Cl)C(=O)N1CCCN(c2ccc(C#N)cc2)CC1. The van der Waals surface area contributed by atoms with Crippen LogP contribution >= 0.6 is 23.2 Å². The fourth-order valence-electron chi connectivity index (χ4n) is 3.97. The highest BCUT2D eigenvalue weighted by Gasteiger charge is 2.29. The number of hydrogen-bond acceptors (Lipinski definition) is 4. The van der Waals surface area contributed by atoms with Gasteiger partial charge in [0.25, 0.3) is 5.91 Å². The van der Waals surface area contributed by atoms with Crippen LogP contribution in [0.4, 0.5) is 5.69 Å². The second-order valence-electron chi connectivity index (χ2n) is 8.60. The van der Waals surface area contributed by atoms with E-state index >= 15 is 0 Å². The van der Waals surface area contributed by atoms with E-state index in [2.05, 4.69) is 16.3 Å². The Morgan fingerprint density at radius 1 is 1.06 bits per heavy atom. The number of nitriles is 1. The van der Waals surface area contributed by atoms with Crippen LogP contribution in [0, 0.1) is 17.2 Å². The van der Waals surface area contributed by atoms with Gasteiger partial charge >= 0.3 is 0 Å². The van der Waals surface area contributed by atoms with E-state index in [9.17, 15) is 9.59 Å². The predicted octanol–water partition coefficient (Wildman–Crippen LogP) is 4.75. The highest BCUT2D eigenvalue weighted by molar-refractivity contribution is 6.36. The number of nitrogens with zero attached hydrogens (tertiary/aromatic N) is 3. The van der Waals surface area contributed by atoms with Gasteiger partial charge in [-0.15, -0.1) is 0 Å². The Balaban J connectivity index is 1.69. The molecule has 3 rings (SSSR count). The quantitative estimate of drug-likeness (QED) is 0.638. The van der Waals surface area contributed by atoms with Crippen molar-refractivity contribution in [1.82, 2.24) is 10.2 Å². The van der Waals surface area contributed by atoms with Crippen LogP contribution in [0.2, 0.25) is 10.0 Å². The number of carbonyl (C=O) groups is 2. The zero-order chi connectivity index (χ0) is 24.0. The maximum Gasteiger partial charge on any atom is 0.253 e. The first kappa shape index (κ1) is 24.9. The molecule has 1 aliphatic heterocycles. The molecule has 0 aliphatic carbocycles. The molecule has 174 valence electrons. The molecule has 8 heteroatoms. The van der Waals surface area contributed by atoms with Gasteiger partial charge in [-0.1, -0.05) is 37.0 Å². The van der Waals surface area contributed by atoms with E-state index in [4.69, 9.17) is 28.5 Å². The summed E-state index contributed by atoms with van der Waals surface area (Å²) in [6.07, 6.45) is 1.35. The minimum atomic E-state index is -0.634. The molecule has 1 N–H and O–H groups in total. The molecule has 6 nitrogen and oxygen atoms in total. The molecule has 33 heavy (non-hydrogen) atoms. The molecule has 0 aromatic heterocycles. The van der Waals surface area contributed by atoms with Crippen molar-refractivity contribution in [3.63, 3.8) is 0 Å². The first-order valence-corrected chi connectivity index (χ1v) is 11.8. The molecule has 1 saturated heterocycles. The van der Waals surface area contributed by atoms with E-state index in [-0.39, 0.29) is 22.8 Å². The summed E-state index contributed by atoms with van der Waals surface area (Å²) in [6, 6.07) is 13.7. The zero-order valence-electron chi connectivity index (χ0n) is 18.9. The molecule has 2 amide bonds. The molecule has 1 heterocycles. The summed E-state index contributed by atoms with van der Waals surface area (Å²) in [5.74, 6) is -0.240. The van der Waals surface area contributed by atoms with Crippen LogP contribution < -0.4 is 10.2 Å². The van der Waals surface area contributed by atoms with Crippen LogP contribution in [-0.4, -0.2) is 48.9 Å². The van der Waals surface area contributed by atoms with Gasteiger partial charge in [0, 0.05) is 36.9 Å². The molecule has 0 bridgehead atoms. The van der Waals surface area contributed by atoms with Crippen molar-refractivity contribution < 1.29 is 9.59 Å². The van der Waals surface area contributed by atoms with Crippen molar-refractivity contribution in [3.05, 3.63) is 63.6 Å². The lowest BCUT2D eigenvalue weighted by atomic mass is 10.0.